The molecule has 3 heterocycles. The fraction of sp³-hybridized carbons (Fsp3) is 0.688. The molecule has 25 heavy (non-hydrogen) atoms. The Bertz CT molecular complexity index is 568. The van der Waals surface area contributed by atoms with Crippen LogP contribution in [0.15, 0.2) is 17.1 Å². The first-order valence-electron chi connectivity index (χ1n) is 8.38. The number of halogens is 2. The van der Waals surface area contributed by atoms with E-state index < -0.39 is 6.10 Å². The summed E-state index contributed by atoms with van der Waals surface area (Å²) in [5, 5.41) is 13.6. The van der Waals surface area contributed by atoms with Gasteiger partial charge in [0.15, 0.2) is 5.96 Å². The van der Waals surface area contributed by atoms with E-state index in [2.05, 4.69) is 20.1 Å². The molecule has 0 spiro atoms. The van der Waals surface area contributed by atoms with Crippen molar-refractivity contribution in [3.8, 4) is 0 Å². The molecule has 2 fully saturated rings. The third-order valence-electron chi connectivity index (χ3n) is 4.61. The number of aliphatic imine (C=N–C) groups is 1. The molecule has 0 aromatic carbocycles. The molecule has 1 aromatic heterocycles. The zero-order chi connectivity index (χ0) is 16.9. The van der Waals surface area contributed by atoms with E-state index in [-0.39, 0.29) is 24.0 Å². The van der Waals surface area contributed by atoms with Gasteiger partial charge in [0.1, 0.15) is 6.10 Å². The lowest BCUT2D eigenvalue weighted by Gasteiger charge is -2.32. The number of hydrogen-bond donors (Lipinski definition) is 2. The molecular formula is C16H26ClIN4O2S. The van der Waals surface area contributed by atoms with E-state index in [9.17, 15) is 5.11 Å². The van der Waals surface area contributed by atoms with Crippen LogP contribution >= 0.6 is 46.9 Å². The molecule has 0 saturated carbocycles. The molecular weight excluding hydrogens is 475 g/mol. The molecule has 9 heteroatoms. The highest BCUT2D eigenvalue weighted by Crippen LogP contribution is 2.26. The lowest BCUT2D eigenvalue weighted by Crippen LogP contribution is -2.47. The fourth-order valence-corrected chi connectivity index (χ4v) is 4.35. The van der Waals surface area contributed by atoms with Crippen molar-refractivity contribution in [2.75, 3.05) is 53.0 Å². The molecule has 2 saturated heterocycles. The number of hydrogen-bond acceptors (Lipinski definition) is 5. The van der Waals surface area contributed by atoms with Crippen LogP contribution in [0.2, 0.25) is 4.34 Å². The normalized spacial score (nSPS) is 23.4. The van der Waals surface area contributed by atoms with Crippen LogP contribution in [0.3, 0.4) is 0 Å². The molecule has 3 rings (SSSR count). The maximum atomic E-state index is 10.3. The maximum Gasteiger partial charge on any atom is 0.193 e. The van der Waals surface area contributed by atoms with Crippen molar-refractivity contribution in [1.29, 1.82) is 0 Å². The summed E-state index contributed by atoms with van der Waals surface area (Å²) in [4.78, 5) is 10.0. The van der Waals surface area contributed by atoms with E-state index in [1.807, 2.05) is 12.1 Å². The van der Waals surface area contributed by atoms with Crippen molar-refractivity contribution in [2.24, 2.45) is 4.99 Å². The van der Waals surface area contributed by atoms with Crippen LogP contribution in [0.4, 0.5) is 0 Å². The zero-order valence-electron chi connectivity index (χ0n) is 14.4. The van der Waals surface area contributed by atoms with E-state index in [0.717, 1.165) is 56.7 Å². The van der Waals surface area contributed by atoms with Crippen molar-refractivity contribution in [3.05, 3.63) is 21.3 Å². The molecule has 142 valence electrons. The minimum Gasteiger partial charge on any atom is -0.386 e. The summed E-state index contributed by atoms with van der Waals surface area (Å²) < 4.78 is 6.13. The van der Waals surface area contributed by atoms with E-state index >= 15 is 0 Å². The van der Waals surface area contributed by atoms with Crippen molar-refractivity contribution >= 4 is 52.9 Å². The standard InChI is InChI=1S/C16H25ClN4O2S.HI/c1-18-16(19-10-13(22)14-2-3-15(17)24-14)21-5-4-12(11-21)20-6-8-23-9-7-20;/h2-3,12-13,22H,4-11H2,1H3,(H,18,19);1H. The number of aliphatic hydroxyl groups is 1. The van der Waals surface area contributed by atoms with E-state index in [0.29, 0.717) is 16.9 Å². The second-order valence-electron chi connectivity index (χ2n) is 6.12. The summed E-state index contributed by atoms with van der Waals surface area (Å²) in [6.45, 7) is 6.09. The second kappa shape index (κ2) is 10.3. The van der Waals surface area contributed by atoms with Gasteiger partial charge >= 0.3 is 0 Å². The van der Waals surface area contributed by atoms with E-state index in [1.54, 1.807) is 7.05 Å². The highest BCUT2D eigenvalue weighted by atomic mass is 127. The number of ether oxygens (including phenoxy) is 1. The molecule has 0 amide bonds. The van der Waals surface area contributed by atoms with Crippen LogP contribution in [0.1, 0.15) is 17.4 Å². The molecule has 2 N–H and O–H groups in total. The van der Waals surface area contributed by atoms with E-state index in [1.165, 1.54) is 11.3 Å². The molecule has 0 bridgehead atoms. The largest absolute Gasteiger partial charge is 0.386 e. The van der Waals surface area contributed by atoms with Gasteiger partial charge in [-0.25, -0.2) is 0 Å². The molecule has 2 aliphatic heterocycles. The minimum absolute atomic E-state index is 0. The van der Waals surface area contributed by atoms with Crippen molar-refractivity contribution in [2.45, 2.75) is 18.6 Å². The number of nitrogens with zero attached hydrogens (tertiary/aromatic N) is 3. The van der Waals surface area contributed by atoms with Gasteiger partial charge in [0, 0.05) is 50.7 Å². The Morgan fingerprint density at radius 3 is 2.84 bits per heavy atom. The third kappa shape index (κ3) is 5.67. The molecule has 1 aromatic rings. The summed E-state index contributed by atoms with van der Waals surface area (Å²) in [7, 11) is 1.79. The van der Waals surface area contributed by atoms with Gasteiger partial charge in [0.2, 0.25) is 0 Å². The number of rotatable bonds is 4. The predicted octanol–water partition coefficient (Wildman–Crippen LogP) is 2.03. The Morgan fingerprint density at radius 2 is 2.20 bits per heavy atom. The van der Waals surface area contributed by atoms with Crippen LogP contribution in [0.25, 0.3) is 0 Å². The summed E-state index contributed by atoms with van der Waals surface area (Å²) in [6, 6.07) is 4.24. The fourth-order valence-electron chi connectivity index (χ4n) is 3.30. The van der Waals surface area contributed by atoms with Crippen LogP contribution in [-0.4, -0.2) is 79.9 Å². The highest BCUT2D eigenvalue weighted by Gasteiger charge is 2.30. The van der Waals surface area contributed by atoms with Crippen LogP contribution in [0.5, 0.6) is 0 Å². The molecule has 2 unspecified atom stereocenters. The highest BCUT2D eigenvalue weighted by molar-refractivity contribution is 14.0. The minimum atomic E-state index is -0.572. The Labute approximate surface area is 175 Å². The van der Waals surface area contributed by atoms with Gasteiger partial charge in [-0.3, -0.25) is 9.89 Å². The first-order chi connectivity index (χ1) is 11.7. The van der Waals surface area contributed by atoms with E-state index in [4.69, 9.17) is 16.3 Å². The number of morpholine rings is 1. The average Bonchev–Trinajstić information content (AvgIpc) is 3.25. The summed E-state index contributed by atoms with van der Waals surface area (Å²) >= 11 is 7.34. The number of likely N-dealkylation sites (tertiary alicyclic amines) is 1. The van der Waals surface area contributed by atoms with Crippen LogP contribution < -0.4 is 5.32 Å². The molecule has 0 radical (unpaired) electrons. The summed E-state index contributed by atoms with van der Waals surface area (Å²) in [5.74, 6) is 0.854. The summed E-state index contributed by atoms with van der Waals surface area (Å²) in [6.07, 6.45) is 0.570. The van der Waals surface area contributed by atoms with Gasteiger partial charge in [-0.15, -0.1) is 35.3 Å². The molecule has 2 atom stereocenters. The Balaban J connectivity index is 0.00000225. The van der Waals surface area contributed by atoms with Gasteiger partial charge < -0.3 is 20.1 Å². The average molecular weight is 501 g/mol. The van der Waals surface area contributed by atoms with Crippen LogP contribution in [-0.2, 0) is 4.74 Å². The van der Waals surface area contributed by atoms with Gasteiger partial charge in [0.25, 0.3) is 0 Å². The number of nitrogens with one attached hydrogen (secondary N) is 1. The Kier molecular flexibility index (Phi) is 8.70. The van der Waals surface area contributed by atoms with Gasteiger partial charge in [-0.2, -0.15) is 0 Å². The maximum absolute atomic E-state index is 10.3. The zero-order valence-corrected chi connectivity index (χ0v) is 18.3. The lowest BCUT2D eigenvalue weighted by molar-refractivity contribution is 0.0194. The van der Waals surface area contributed by atoms with Gasteiger partial charge in [0.05, 0.1) is 17.6 Å². The summed E-state index contributed by atoms with van der Waals surface area (Å²) in [5.41, 5.74) is 0. The molecule has 0 aliphatic carbocycles. The number of guanidine groups is 1. The monoisotopic (exact) mass is 500 g/mol. The van der Waals surface area contributed by atoms with Crippen LogP contribution in [0, 0.1) is 0 Å². The van der Waals surface area contributed by atoms with Gasteiger partial charge in [-0.1, -0.05) is 11.6 Å². The Morgan fingerprint density at radius 1 is 1.44 bits per heavy atom. The third-order valence-corrected chi connectivity index (χ3v) is 5.95. The van der Waals surface area contributed by atoms with Crippen molar-refractivity contribution < 1.29 is 9.84 Å². The topological polar surface area (TPSA) is 60.3 Å². The van der Waals surface area contributed by atoms with Crippen molar-refractivity contribution in [3.63, 3.8) is 0 Å². The second-order valence-corrected chi connectivity index (χ2v) is 7.87. The number of aliphatic hydroxyl groups excluding tert-OH is 1. The Hall–Kier alpha value is -0.130. The SMILES string of the molecule is CN=C(NCC(O)c1ccc(Cl)s1)N1CCC(N2CCOCC2)C1.I. The van der Waals surface area contributed by atoms with Crippen molar-refractivity contribution in [1.82, 2.24) is 15.1 Å². The lowest BCUT2D eigenvalue weighted by atomic mass is 10.2. The first kappa shape index (κ1) is 21.2. The molecule has 2 aliphatic rings. The van der Waals surface area contributed by atoms with Gasteiger partial charge in [-0.05, 0) is 18.6 Å². The predicted molar refractivity (Wildman–Crippen MR) is 113 cm³/mol. The molecule has 6 nitrogen and oxygen atoms in total. The quantitative estimate of drug-likeness (QED) is 0.376. The smallest absolute Gasteiger partial charge is 0.193 e. The first-order valence-corrected chi connectivity index (χ1v) is 9.57. The number of thiophene rings is 1.